The Balaban J connectivity index is 2.48. The van der Waals surface area contributed by atoms with E-state index in [0.29, 0.717) is 18.2 Å². The third-order valence-electron chi connectivity index (χ3n) is 2.01. The Hall–Kier alpha value is -0.250. The van der Waals surface area contributed by atoms with E-state index < -0.39 is 0 Å². The average Bonchev–Trinajstić information content (AvgIpc) is 2.71. The smallest absolute Gasteiger partial charge is 0.172 e. The van der Waals surface area contributed by atoms with Crippen molar-refractivity contribution in [1.29, 1.82) is 0 Å². The third-order valence-corrected chi connectivity index (χ3v) is 4.88. The van der Waals surface area contributed by atoms with E-state index in [2.05, 4.69) is 48.5 Å². The molecule has 0 aliphatic carbocycles. The predicted octanol–water partition coefficient (Wildman–Crippen LogP) is 3.30. The molecule has 0 saturated heterocycles. The fraction of sp³-hybridized carbons (Fsp3) is 0.200. The van der Waals surface area contributed by atoms with Crippen molar-refractivity contribution in [2.75, 3.05) is 12.8 Å². The lowest BCUT2D eigenvalue weighted by atomic mass is 10.3. The Bertz CT molecular complexity index is 546. The number of thiophene rings is 1. The summed E-state index contributed by atoms with van der Waals surface area (Å²) < 4.78 is 6.97. The van der Waals surface area contributed by atoms with Crippen molar-refractivity contribution in [3.8, 4) is 10.7 Å². The number of halogens is 2. The minimum absolute atomic E-state index is 0.435. The molecule has 0 radical (unpaired) electrons. The maximum Gasteiger partial charge on any atom is 0.172 e. The molecule has 2 heterocycles. The van der Waals surface area contributed by atoms with E-state index in [0.717, 1.165) is 18.6 Å². The van der Waals surface area contributed by atoms with E-state index in [-0.39, 0.29) is 0 Å². The van der Waals surface area contributed by atoms with Crippen molar-refractivity contribution in [2.24, 2.45) is 0 Å². The van der Waals surface area contributed by atoms with Crippen LogP contribution in [0.5, 0.6) is 0 Å². The van der Waals surface area contributed by atoms with Crippen LogP contribution in [0.4, 0.5) is 5.82 Å². The summed E-state index contributed by atoms with van der Waals surface area (Å²) in [6, 6.07) is 1.98. The molecule has 2 aromatic heterocycles. The van der Waals surface area contributed by atoms with Crippen LogP contribution in [0.25, 0.3) is 10.7 Å². The zero-order valence-corrected chi connectivity index (χ0v) is 13.5. The van der Waals surface area contributed by atoms with E-state index in [4.69, 9.17) is 10.5 Å². The Labute approximate surface area is 125 Å². The summed E-state index contributed by atoms with van der Waals surface area (Å²) in [4.78, 5) is 9.75. The van der Waals surface area contributed by atoms with Crippen LogP contribution in [0.15, 0.2) is 15.9 Å². The van der Waals surface area contributed by atoms with Crippen molar-refractivity contribution in [1.82, 2.24) is 9.97 Å². The van der Waals surface area contributed by atoms with E-state index in [1.807, 2.05) is 11.4 Å². The fourth-order valence-electron chi connectivity index (χ4n) is 1.29. The van der Waals surface area contributed by atoms with Gasteiger partial charge in [0.15, 0.2) is 5.82 Å². The molecule has 0 amide bonds. The number of nitrogens with zero attached hydrogens (tertiary/aromatic N) is 2. The van der Waals surface area contributed by atoms with Crippen LogP contribution < -0.4 is 5.73 Å². The molecule has 0 bridgehead atoms. The standard InChI is InChI=1S/C10H9BrIN3OS/c1-16-3-6-8(12)9(13)15-10(14-6)7-2-5(11)4-17-7/h2,4H,3H2,1H3,(H2,13,14,15). The van der Waals surface area contributed by atoms with Gasteiger partial charge in [0.2, 0.25) is 0 Å². The number of nitrogens with two attached hydrogens (primary N) is 1. The van der Waals surface area contributed by atoms with Crippen molar-refractivity contribution in [3.05, 3.63) is 25.2 Å². The van der Waals surface area contributed by atoms with E-state index in [1.165, 1.54) is 0 Å². The van der Waals surface area contributed by atoms with Crippen molar-refractivity contribution < 1.29 is 4.74 Å². The van der Waals surface area contributed by atoms with Gasteiger partial charge in [-0.3, -0.25) is 0 Å². The number of hydrogen-bond donors (Lipinski definition) is 1. The van der Waals surface area contributed by atoms with Crippen LogP contribution in [0.2, 0.25) is 0 Å². The largest absolute Gasteiger partial charge is 0.383 e. The monoisotopic (exact) mass is 425 g/mol. The van der Waals surface area contributed by atoms with Crippen LogP contribution in [-0.4, -0.2) is 17.1 Å². The number of aromatic nitrogens is 2. The zero-order chi connectivity index (χ0) is 12.4. The maximum absolute atomic E-state index is 5.87. The number of nitrogen functional groups attached to an aromatic ring is 1. The van der Waals surface area contributed by atoms with Gasteiger partial charge in [-0.1, -0.05) is 0 Å². The van der Waals surface area contributed by atoms with Gasteiger partial charge in [0.1, 0.15) is 5.82 Å². The Morgan fingerprint density at radius 3 is 2.88 bits per heavy atom. The summed E-state index contributed by atoms with van der Waals surface area (Å²) >= 11 is 7.12. The molecule has 2 aromatic rings. The minimum atomic E-state index is 0.435. The van der Waals surface area contributed by atoms with Crippen LogP contribution in [-0.2, 0) is 11.3 Å². The maximum atomic E-state index is 5.87. The minimum Gasteiger partial charge on any atom is -0.383 e. The second-order valence-corrected chi connectivity index (χ2v) is 6.16. The van der Waals surface area contributed by atoms with Crippen LogP contribution in [0.3, 0.4) is 0 Å². The van der Waals surface area contributed by atoms with Crippen molar-refractivity contribution >= 4 is 55.7 Å². The van der Waals surface area contributed by atoms with E-state index >= 15 is 0 Å². The van der Waals surface area contributed by atoms with Gasteiger partial charge in [0.05, 0.1) is 20.7 Å². The lowest BCUT2D eigenvalue weighted by molar-refractivity contribution is 0.181. The van der Waals surface area contributed by atoms with Gasteiger partial charge in [-0.25, -0.2) is 9.97 Å². The molecule has 90 valence electrons. The highest BCUT2D eigenvalue weighted by Crippen LogP contribution is 2.29. The molecule has 17 heavy (non-hydrogen) atoms. The third kappa shape index (κ3) is 2.95. The van der Waals surface area contributed by atoms with Gasteiger partial charge in [-0.05, 0) is 44.6 Å². The SMILES string of the molecule is COCc1nc(-c2cc(Br)cs2)nc(N)c1I. The molecular weight excluding hydrogens is 417 g/mol. The first-order valence-corrected chi connectivity index (χ1v) is 7.42. The second-order valence-electron chi connectivity index (χ2n) is 3.26. The summed E-state index contributed by atoms with van der Waals surface area (Å²) in [5.74, 6) is 1.14. The van der Waals surface area contributed by atoms with Gasteiger partial charge in [0.25, 0.3) is 0 Å². The molecule has 0 aromatic carbocycles. The summed E-state index contributed by atoms with van der Waals surface area (Å²) in [7, 11) is 1.63. The predicted molar refractivity (Wildman–Crippen MR) is 80.9 cm³/mol. The van der Waals surface area contributed by atoms with Crippen LogP contribution >= 0.6 is 49.9 Å². The second kappa shape index (κ2) is 5.59. The first kappa shape index (κ1) is 13.2. The molecule has 7 heteroatoms. The molecule has 4 nitrogen and oxygen atoms in total. The number of methoxy groups -OCH3 is 1. The molecule has 0 spiro atoms. The number of rotatable bonds is 3. The number of ether oxygens (including phenoxy) is 1. The molecule has 0 fully saturated rings. The van der Waals surface area contributed by atoms with Gasteiger partial charge in [-0.15, -0.1) is 11.3 Å². The quantitative estimate of drug-likeness (QED) is 0.766. The number of hydrogen-bond acceptors (Lipinski definition) is 5. The lowest BCUT2D eigenvalue weighted by Gasteiger charge is -2.07. The molecule has 0 aliphatic rings. The first-order chi connectivity index (χ1) is 8.11. The Morgan fingerprint density at radius 1 is 1.53 bits per heavy atom. The summed E-state index contributed by atoms with van der Waals surface area (Å²) in [5, 5.41) is 1.99. The average molecular weight is 426 g/mol. The van der Waals surface area contributed by atoms with Gasteiger partial charge < -0.3 is 10.5 Å². The highest BCUT2D eigenvalue weighted by Gasteiger charge is 2.12. The molecular formula is C10H9BrIN3OS. The first-order valence-electron chi connectivity index (χ1n) is 4.67. The van der Waals surface area contributed by atoms with Gasteiger partial charge in [0, 0.05) is 17.0 Å². The normalized spacial score (nSPS) is 10.8. The van der Waals surface area contributed by atoms with Crippen molar-refractivity contribution in [2.45, 2.75) is 6.61 Å². The topological polar surface area (TPSA) is 61.0 Å². The molecule has 2 N–H and O–H groups in total. The molecule has 0 saturated carbocycles. The van der Waals surface area contributed by atoms with Gasteiger partial charge >= 0.3 is 0 Å². The summed E-state index contributed by atoms with van der Waals surface area (Å²) in [6.45, 7) is 0.435. The molecule has 2 rings (SSSR count). The molecule has 0 unspecified atom stereocenters. The van der Waals surface area contributed by atoms with Crippen molar-refractivity contribution in [3.63, 3.8) is 0 Å². The highest BCUT2D eigenvalue weighted by atomic mass is 127. The van der Waals surface area contributed by atoms with E-state index in [9.17, 15) is 0 Å². The molecule has 0 atom stereocenters. The van der Waals surface area contributed by atoms with Crippen LogP contribution in [0, 0.1) is 3.57 Å². The van der Waals surface area contributed by atoms with E-state index in [1.54, 1.807) is 18.4 Å². The Morgan fingerprint density at radius 2 is 2.29 bits per heavy atom. The van der Waals surface area contributed by atoms with Crippen LogP contribution in [0.1, 0.15) is 5.69 Å². The number of anilines is 1. The molecule has 0 aliphatic heterocycles. The highest BCUT2D eigenvalue weighted by molar-refractivity contribution is 14.1. The summed E-state index contributed by atoms with van der Waals surface area (Å²) in [5.41, 5.74) is 6.69. The Kier molecular flexibility index (Phi) is 4.34. The fourth-order valence-corrected chi connectivity index (χ4v) is 3.04. The zero-order valence-electron chi connectivity index (χ0n) is 8.91. The summed E-state index contributed by atoms with van der Waals surface area (Å²) in [6.07, 6.45) is 0. The lowest BCUT2D eigenvalue weighted by Crippen LogP contribution is -2.05. The van der Waals surface area contributed by atoms with Gasteiger partial charge in [-0.2, -0.15) is 0 Å².